The highest BCUT2D eigenvalue weighted by atomic mass is 16.1. The number of hydrogen-bond donors (Lipinski definition) is 0. The summed E-state index contributed by atoms with van der Waals surface area (Å²) in [6.45, 7) is 0. The fourth-order valence-corrected chi connectivity index (χ4v) is 3.93. The highest BCUT2D eigenvalue weighted by Gasteiger charge is 2.20. The number of fused-ring (bicyclic) bond motifs is 1. The van der Waals surface area contributed by atoms with Gasteiger partial charge in [0.15, 0.2) is 5.52 Å². The minimum atomic E-state index is 0.0350. The fraction of sp³-hybridized carbons (Fsp3) is 0.450. The van der Waals surface area contributed by atoms with Crippen LogP contribution in [0.3, 0.4) is 0 Å². The van der Waals surface area contributed by atoms with E-state index in [1.165, 1.54) is 32.1 Å². The van der Waals surface area contributed by atoms with E-state index in [1.807, 2.05) is 41.9 Å². The lowest BCUT2D eigenvalue weighted by Crippen LogP contribution is -2.27. The SMILES string of the molecule is Cn1nc(-c2ccccc2)c2ncn(C3CCCCCCC3)c(=O)c21. The van der Waals surface area contributed by atoms with Crippen molar-refractivity contribution in [3.8, 4) is 11.3 Å². The lowest BCUT2D eigenvalue weighted by molar-refractivity contribution is 0.363. The van der Waals surface area contributed by atoms with Gasteiger partial charge in [0.1, 0.15) is 11.2 Å². The fourth-order valence-electron chi connectivity index (χ4n) is 3.93. The second-order valence-electron chi connectivity index (χ2n) is 6.99. The Bertz CT molecular complexity index is 918. The predicted molar refractivity (Wildman–Crippen MR) is 99.6 cm³/mol. The summed E-state index contributed by atoms with van der Waals surface area (Å²) in [7, 11) is 1.83. The Labute approximate surface area is 147 Å². The summed E-state index contributed by atoms with van der Waals surface area (Å²) in [5, 5.41) is 4.58. The molecular formula is C20H24N4O. The van der Waals surface area contributed by atoms with E-state index < -0.39 is 0 Å². The normalized spacial score (nSPS) is 16.7. The monoisotopic (exact) mass is 336 g/mol. The number of hydrogen-bond acceptors (Lipinski definition) is 3. The molecule has 0 aliphatic heterocycles. The standard InChI is InChI=1S/C20H24N4O/c1-23-19-18(17(22-23)15-10-6-5-7-11-15)21-14-24(20(19)25)16-12-8-3-2-4-9-13-16/h5-7,10-11,14,16H,2-4,8-9,12-13H2,1H3. The van der Waals surface area contributed by atoms with Crippen molar-refractivity contribution >= 4 is 11.0 Å². The van der Waals surface area contributed by atoms with E-state index in [-0.39, 0.29) is 11.6 Å². The van der Waals surface area contributed by atoms with Gasteiger partial charge < -0.3 is 0 Å². The summed E-state index contributed by atoms with van der Waals surface area (Å²) in [6.07, 6.45) is 10.1. The lowest BCUT2D eigenvalue weighted by atomic mass is 9.96. The molecule has 0 unspecified atom stereocenters. The molecule has 2 aromatic heterocycles. The van der Waals surface area contributed by atoms with Crippen LogP contribution in [0.1, 0.15) is 51.0 Å². The minimum absolute atomic E-state index is 0.0350. The van der Waals surface area contributed by atoms with Crippen molar-refractivity contribution in [1.82, 2.24) is 19.3 Å². The lowest BCUT2D eigenvalue weighted by Gasteiger charge is -2.21. The molecule has 3 aromatic rings. The summed E-state index contributed by atoms with van der Waals surface area (Å²) in [5.74, 6) is 0. The second kappa shape index (κ2) is 6.82. The van der Waals surface area contributed by atoms with Gasteiger partial charge in [-0.2, -0.15) is 5.10 Å². The van der Waals surface area contributed by atoms with Gasteiger partial charge >= 0.3 is 0 Å². The quantitative estimate of drug-likeness (QED) is 0.708. The third kappa shape index (κ3) is 2.99. The summed E-state index contributed by atoms with van der Waals surface area (Å²) in [5.41, 5.74) is 3.10. The zero-order valence-electron chi connectivity index (χ0n) is 14.7. The number of rotatable bonds is 2. The van der Waals surface area contributed by atoms with Crippen LogP contribution in [0.5, 0.6) is 0 Å². The second-order valence-corrected chi connectivity index (χ2v) is 6.99. The highest BCUT2D eigenvalue weighted by Crippen LogP contribution is 2.27. The van der Waals surface area contributed by atoms with Crippen LogP contribution in [0, 0.1) is 0 Å². The Hall–Kier alpha value is -2.43. The van der Waals surface area contributed by atoms with Gasteiger partial charge in [-0.3, -0.25) is 14.0 Å². The molecule has 0 radical (unpaired) electrons. The molecule has 4 rings (SSSR count). The molecule has 0 saturated heterocycles. The van der Waals surface area contributed by atoms with Crippen LogP contribution in [0.2, 0.25) is 0 Å². The molecule has 0 bridgehead atoms. The molecule has 5 nitrogen and oxygen atoms in total. The minimum Gasteiger partial charge on any atom is -0.294 e. The molecule has 1 fully saturated rings. The molecule has 2 heterocycles. The Balaban J connectivity index is 1.81. The van der Waals surface area contributed by atoms with Crippen molar-refractivity contribution in [2.75, 3.05) is 0 Å². The largest absolute Gasteiger partial charge is 0.294 e. The maximum absolute atomic E-state index is 13.2. The van der Waals surface area contributed by atoms with Gasteiger partial charge in [0, 0.05) is 18.7 Å². The van der Waals surface area contributed by atoms with Gasteiger partial charge in [-0.15, -0.1) is 0 Å². The Morgan fingerprint density at radius 2 is 1.68 bits per heavy atom. The maximum atomic E-state index is 13.2. The smallest absolute Gasteiger partial charge is 0.279 e. The van der Waals surface area contributed by atoms with Crippen molar-refractivity contribution in [2.45, 2.75) is 51.0 Å². The highest BCUT2D eigenvalue weighted by molar-refractivity contribution is 5.89. The van der Waals surface area contributed by atoms with Crippen LogP contribution in [0.15, 0.2) is 41.5 Å². The Morgan fingerprint density at radius 3 is 2.40 bits per heavy atom. The third-order valence-electron chi connectivity index (χ3n) is 5.29. The van der Waals surface area contributed by atoms with Crippen molar-refractivity contribution < 1.29 is 0 Å². The summed E-state index contributed by atoms with van der Waals surface area (Å²) < 4.78 is 3.54. The maximum Gasteiger partial charge on any atom is 0.279 e. The van der Waals surface area contributed by atoms with Gasteiger partial charge in [-0.05, 0) is 12.8 Å². The Kier molecular flexibility index (Phi) is 4.38. The molecule has 25 heavy (non-hydrogen) atoms. The van der Waals surface area contributed by atoms with Crippen LogP contribution in [0.4, 0.5) is 0 Å². The van der Waals surface area contributed by atoms with Gasteiger partial charge in [0.05, 0.1) is 6.33 Å². The average Bonchev–Trinajstić information content (AvgIpc) is 2.94. The first-order chi connectivity index (χ1) is 12.3. The molecule has 1 aromatic carbocycles. The molecule has 130 valence electrons. The zero-order valence-corrected chi connectivity index (χ0v) is 14.7. The molecule has 1 aliphatic carbocycles. The molecular weight excluding hydrogens is 312 g/mol. The van der Waals surface area contributed by atoms with Crippen LogP contribution < -0.4 is 5.56 Å². The van der Waals surface area contributed by atoms with E-state index in [9.17, 15) is 4.79 Å². The van der Waals surface area contributed by atoms with Crippen molar-refractivity contribution in [3.05, 3.63) is 47.0 Å². The Morgan fingerprint density at radius 1 is 1.00 bits per heavy atom. The molecule has 0 atom stereocenters. The van der Waals surface area contributed by atoms with Gasteiger partial charge in [0.2, 0.25) is 0 Å². The van der Waals surface area contributed by atoms with E-state index in [1.54, 1.807) is 11.0 Å². The van der Waals surface area contributed by atoms with Crippen molar-refractivity contribution in [2.24, 2.45) is 7.05 Å². The first-order valence-electron chi connectivity index (χ1n) is 9.25. The van der Waals surface area contributed by atoms with Gasteiger partial charge in [0.25, 0.3) is 5.56 Å². The van der Waals surface area contributed by atoms with Crippen LogP contribution in [-0.4, -0.2) is 19.3 Å². The van der Waals surface area contributed by atoms with Crippen LogP contribution >= 0.6 is 0 Å². The summed E-state index contributed by atoms with van der Waals surface area (Å²) in [4.78, 5) is 17.8. The number of benzene rings is 1. The van der Waals surface area contributed by atoms with Crippen LogP contribution in [0.25, 0.3) is 22.3 Å². The first-order valence-corrected chi connectivity index (χ1v) is 9.25. The van der Waals surface area contributed by atoms with Crippen molar-refractivity contribution in [3.63, 3.8) is 0 Å². The number of nitrogens with zero attached hydrogens (tertiary/aromatic N) is 4. The molecule has 5 heteroatoms. The number of aryl methyl sites for hydroxylation is 1. The van der Waals surface area contributed by atoms with Crippen LogP contribution in [-0.2, 0) is 7.05 Å². The van der Waals surface area contributed by atoms with E-state index in [2.05, 4.69) is 10.1 Å². The molecule has 0 N–H and O–H groups in total. The van der Waals surface area contributed by atoms with E-state index in [4.69, 9.17) is 0 Å². The van der Waals surface area contributed by atoms with E-state index >= 15 is 0 Å². The predicted octanol–water partition coefficient (Wildman–Crippen LogP) is 4.08. The topological polar surface area (TPSA) is 52.7 Å². The third-order valence-corrected chi connectivity index (χ3v) is 5.29. The van der Waals surface area contributed by atoms with E-state index in [0.717, 1.165) is 24.1 Å². The van der Waals surface area contributed by atoms with Crippen molar-refractivity contribution in [1.29, 1.82) is 0 Å². The molecule has 1 saturated carbocycles. The molecule has 0 amide bonds. The summed E-state index contributed by atoms with van der Waals surface area (Å²) in [6, 6.07) is 10.2. The molecule has 0 spiro atoms. The molecule has 1 aliphatic rings. The van der Waals surface area contributed by atoms with Gasteiger partial charge in [-0.1, -0.05) is 62.4 Å². The first kappa shape index (κ1) is 16.1. The van der Waals surface area contributed by atoms with E-state index in [0.29, 0.717) is 11.0 Å². The summed E-state index contributed by atoms with van der Waals surface area (Å²) >= 11 is 0. The zero-order chi connectivity index (χ0) is 17.2. The van der Waals surface area contributed by atoms with Gasteiger partial charge in [-0.25, -0.2) is 4.98 Å². The number of aromatic nitrogens is 4. The average molecular weight is 336 g/mol.